The molecule has 0 fully saturated rings. The second-order valence-electron chi connectivity index (χ2n) is 7.14. The monoisotopic (exact) mass is 330 g/mol. The smallest absolute Gasteiger partial charge is 0.0347 e. The summed E-state index contributed by atoms with van der Waals surface area (Å²) in [6.07, 6.45) is 0. The maximum absolute atomic E-state index is 8.56. The van der Waals surface area contributed by atoms with Crippen molar-refractivity contribution in [1.82, 2.24) is 0 Å². The lowest BCUT2D eigenvalue weighted by Crippen LogP contribution is -2.00. The van der Waals surface area contributed by atoms with Crippen LogP contribution < -0.4 is 0 Å². The zero-order chi connectivity index (χ0) is 19.8. The minimum Gasteiger partial charge on any atom is -0.0622 e. The first-order valence-corrected chi connectivity index (χ1v) is 8.89. The van der Waals surface area contributed by atoms with Gasteiger partial charge in [-0.15, -0.1) is 0 Å². The van der Waals surface area contributed by atoms with Gasteiger partial charge in [0.05, 0.1) is 0 Å². The van der Waals surface area contributed by atoms with E-state index in [9.17, 15) is 0 Å². The van der Waals surface area contributed by atoms with Gasteiger partial charge in [0.2, 0.25) is 0 Å². The summed E-state index contributed by atoms with van der Waals surface area (Å²) in [5.74, 6) is -1.41. The van der Waals surface area contributed by atoms with Gasteiger partial charge in [-0.05, 0) is 57.7 Å². The summed E-state index contributed by atoms with van der Waals surface area (Å²) in [4.78, 5) is 0. The van der Waals surface area contributed by atoms with Crippen LogP contribution in [0.15, 0.2) is 66.7 Å². The third-order valence-corrected chi connectivity index (χ3v) is 4.81. The van der Waals surface area contributed by atoms with Crippen molar-refractivity contribution >= 4 is 0 Å². The van der Waals surface area contributed by atoms with Crippen LogP contribution in [-0.4, -0.2) is 0 Å². The van der Waals surface area contributed by atoms with Gasteiger partial charge in [-0.2, -0.15) is 0 Å². The van der Waals surface area contributed by atoms with Gasteiger partial charge < -0.3 is 0 Å². The Morgan fingerprint density at radius 1 is 0.600 bits per heavy atom. The molecule has 0 N–H and O–H groups in total. The average molecular weight is 331 g/mol. The summed E-state index contributed by atoms with van der Waals surface area (Å²) in [5, 5.41) is 0. The van der Waals surface area contributed by atoms with E-state index in [1.54, 1.807) is 0 Å². The molecule has 128 valence electrons. The molecule has 0 nitrogen and oxygen atoms in total. The first kappa shape index (κ1) is 15.0. The number of rotatable bonds is 4. The van der Waals surface area contributed by atoms with Gasteiger partial charge in [-0.1, -0.05) is 94.4 Å². The molecule has 3 aromatic carbocycles. The van der Waals surface area contributed by atoms with Crippen molar-refractivity contribution in [3.8, 4) is 22.3 Å². The van der Waals surface area contributed by atoms with Crippen LogP contribution in [0.4, 0.5) is 0 Å². The van der Waals surface area contributed by atoms with Crippen molar-refractivity contribution in [1.29, 1.82) is 0 Å². The Bertz CT molecular complexity index is 890. The van der Waals surface area contributed by atoms with Gasteiger partial charge in [-0.25, -0.2) is 0 Å². The molecule has 3 rings (SSSR count). The molecule has 0 aliphatic carbocycles. The molecule has 0 saturated carbocycles. The largest absolute Gasteiger partial charge is 0.0622 e. The molecule has 0 heterocycles. The highest BCUT2D eigenvalue weighted by Gasteiger charge is 2.13. The molecular formula is C25H28. The Kier molecular flexibility index (Phi) is 4.35. The fourth-order valence-corrected chi connectivity index (χ4v) is 3.41. The molecule has 25 heavy (non-hydrogen) atoms. The fourth-order valence-electron chi connectivity index (χ4n) is 3.41. The van der Waals surface area contributed by atoms with Crippen molar-refractivity contribution in [2.24, 2.45) is 0 Å². The maximum Gasteiger partial charge on any atom is 0.0347 e. The Hall–Kier alpha value is -2.34. The summed E-state index contributed by atoms with van der Waals surface area (Å²) >= 11 is 0. The van der Waals surface area contributed by atoms with Crippen LogP contribution in [0.2, 0.25) is 0 Å². The van der Waals surface area contributed by atoms with E-state index in [1.165, 1.54) is 11.1 Å². The van der Waals surface area contributed by atoms with E-state index in [2.05, 4.69) is 60.7 Å². The van der Waals surface area contributed by atoms with Gasteiger partial charge in [0, 0.05) is 2.74 Å². The molecule has 0 heteroatoms. The molecule has 0 aliphatic heterocycles. The van der Waals surface area contributed by atoms with E-state index < -0.39 is 11.8 Å². The first-order valence-electron chi connectivity index (χ1n) is 9.89. The first-order chi connectivity index (χ1) is 12.6. The van der Waals surface area contributed by atoms with Gasteiger partial charge in [0.1, 0.15) is 0 Å². The average Bonchev–Trinajstić information content (AvgIpc) is 2.61. The van der Waals surface area contributed by atoms with E-state index in [4.69, 9.17) is 2.74 Å². The van der Waals surface area contributed by atoms with Crippen LogP contribution in [0.1, 0.15) is 58.9 Å². The van der Waals surface area contributed by atoms with Crippen LogP contribution in [0.5, 0.6) is 0 Å². The van der Waals surface area contributed by atoms with E-state index >= 15 is 0 Å². The minimum atomic E-state index is -0.704. The lowest BCUT2D eigenvalue weighted by molar-refractivity contribution is 0.818. The highest BCUT2D eigenvalue weighted by molar-refractivity contribution is 5.72. The molecule has 0 amide bonds. The molecule has 0 radical (unpaired) electrons. The minimum absolute atomic E-state index is 0.704. The zero-order valence-electron chi connectivity index (χ0n) is 17.9. The van der Waals surface area contributed by atoms with Gasteiger partial charge in [-0.3, -0.25) is 0 Å². The third kappa shape index (κ3) is 3.69. The highest BCUT2D eigenvalue weighted by atomic mass is 14.2. The van der Waals surface area contributed by atoms with Gasteiger partial charge >= 0.3 is 0 Å². The lowest BCUT2D eigenvalue weighted by Gasteiger charge is -2.19. The fraction of sp³-hybridized carbons (Fsp3) is 0.280. The van der Waals surface area contributed by atoms with Gasteiger partial charge in [0.25, 0.3) is 0 Å². The van der Waals surface area contributed by atoms with Crippen LogP contribution in [0, 0.1) is 6.92 Å². The zero-order valence-corrected chi connectivity index (χ0v) is 15.9. The molecule has 3 aromatic rings. The van der Waals surface area contributed by atoms with Crippen LogP contribution in [0.25, 0.3) is 22.3 Å². The number of hydrogen-bond donors (Lipinski definition) is 0. The van der Waals surface area contributed by atoms with Crippen molar-refractivity contribution in [2.45, 2.75) is 46.4 Å². The summed E-state index contributed by atoms with van der Waals surface area (Å²) in [6, 6.07) is 23.1. The topological polar surface area (TPSA) is 0 Å². The predicted molar refractivity (Wildman–Crippen MR) is 110 cm³/mol. The maximum atomic E-state index is 8.56. The normalized spacial score (nSPS) is 13.3. The molecular weight excluding hydrogens is 300 g/mol. The van der Waals surface area contributed by atoms with E-state index in [0.29, 0.717) is 0 Å². The quantitative estimate of drug-likeness (QED) is 0.462. The van der Waals surface area contributed by atoms with E-state index in [-0.39, 0.29) is 0 Å². The van der Waals surface area contributed by atoms with Crippen molar-refractivity contribution in [2.75, 3.05) is 0 Å². The van der Waals surface area contributed by atoms with Crippen molar-refractivity contribution in [3.63, 3.8) is 0 Å². The molecule has 0 aromatic heterocycles. The third-order valence-electron chi connectivity index (χ3n) is 4.81. The van der Waals surface area contributed by atoms with Gasteiger partial charge in [0.15, 0.2) is 0 Å². The number of hydrogen-bond acceptors (Lipinski definition) is 0. The molecule has 0 atom stereocenters. The predicted octanol–water partition coefficient (Wildman–Crippen LogP) is 7.58. The molecule has 0 saturated heterocycles. The summed E-state index contributed by atoms with van der Waals surface area (Å²) in [6.45, 7) is 9.70. The van der Waals surface area contributed by atoms with Crippen LogP contribution >= 0.6 is 0 Å². The second kappa shape index (κ2) is 7.27. The summed E-state index contributed by atoms with van der Waals surface area (Å²) < 4.78 is 17.1. The highest BCUT2D eigenvalue weighted by Crippen LogP contribution is 2.33. The standard InChI is InChI=1S/C25H28/c1-17(2)24-15-23(16-25(18(3)4)19(24)5)22-13-11-21(12-14-22)20-9-7-6-8-10-20/h6-18H,1-5H3/i17D,18D. The van der Waals surface area contributed by atoms with E-state index in [0.717, 1.165) is 27.8 Å². The lowest BCUT2D eigenvalue weighted by atomic mass is 9.86. The Morgan fingerprint density at radius 2 is 1.00 bits per heavy atom. The Labute approximate surface area is 155 Å². The molecule has 0 bridgehead atoms. The SMILES string of the molecule is [2H]C(C)(C)c1cc(-c2ccc(-c3ccccc3)cc2)cc(C([2H])(C)C)c1C. The second-order valence-corrected chi connectivity index (χ2v) is 7.14. The number of benzene rings is 3. The Balaban J connectivity index is 2.11. The summed E-state index contributed by atoms with van der Waals surface area (Å²) in [7, 11) is 0. The molecule has 0 unspecified atom stereocenters. The van der Waals surface area contributed by atoms with Crippen molar-refractivity contribution in [3.05, 3.63) is 83.4 Å². The van der Waals surface area contributed by atoms with Crippen molar-refractivity contribution < 1.29 is 2.74 Å². The van der Waals surface area contributed by atoms with E-state index in [1.807, 2.05) is 40.7 Å². The Morgan fingerprint density at radius 3 is 1.44 bits per heavy atom. The molecule has 0 spiro atoms. The molecule has 0 aliphatic rings. The van der Waals surface area contributed by atoms with Crippen LogP contribution in [0.3, 0.4) is 0 Å². The van der Waals surface area contributed by atoms with Crippen LogP contribution in [-0.2, 0) is 0 Å². The summed E-state index contributed by atoms with van der Waals surface area (Å²) in [5.41, 5.74) is 7.61.